The van der Waals surface area contributed by atoms with Crippen LogP contribution in [0.2, 0.25) is 0 Å². The Morgan fingerprint density at radius 2 is 1.90 bits per heavy atom. The first-order valence-corrected chi connectivity index (χ1v) is 8.39. The average Bonchev–Trinajstić information content (AvgIpc) is 2.88. The maximum Gasteiger partial charge on any atom is 0.242 e. The van der Waals surface area contributed by atoms with Gasteiger partial charge in [0.2, 0.25) is 10.0 Å². The molecule has 0 spiro atoms. The van der Waals surface area contributed by atoms with Gasteiger partial charge in [0.1, 0.15) is 5.01 Å². The summed E-state index contributed by atoms with van der Waals surface area (Å²) in [6.07, 6.45) is 0. The van der Waals surface area contributed by atoms with Crippen LogP contribution in [-0.2, 0) is 16.6 Å². The van der Waals surface area contributed by atoms with E-state index in [0.717, 1.165) is 22.8 Å². The van der Waals surface area contributed by atoms with Gasteiger partial charge in [0.15, 0.2) is 0 Å². The molecule has 1 heterocycles. The minimum atomic E-state index is -3.37. The van der Waals surface area contributed by atoms with Gasteiger partial charge in [-0.05, 0) is 19.2 Å². The van der Waals surface area contributed by atoms with Gasteiger partial charge in [-0.25, -0.2) is 17.7 Å². The summed E-state index contributed by atoms with van der Waals surface area (Å²) in [5, 5.41) is 6.03. The predicted molar refractivity (Wildman–Crippen MR) is 81.2 cm³/mol. The van der Waals surface area contributed by atoms with Gasteiger partial charge in [-0.1, -0.05) is 12.1 Å². The lowest BCUT2D eigenvalue weighted by atomic mass is 10.2. The summed E-state index contributed by atoms with van der Waals surface area (Å²) in [6.45, 7) is 0.734. The Morgan fingerprint density at radius 3 is 2.45 bits per heavy atom. The van der Waals surface area contributed by atoms with Gasteiger partial charge >= 0.3 is 0 Å². The van der Waals surface area contributed by atoms with E-state index >= 15 is 0 Å². The number of hydrogen-bond donors (Lipinski definition) is 1. The zero-order valence-electron chi connectivity index (χ0n) is 11.6. The van der Waals surface area contributed by atoms with Gasteiger partial charge in [0, 0.05) is 31.6 Å². The second-order valence-electron chi connectivity index (χ2n) is 4.47. The summed E-state index contributed by atoms with van der Waals surface area (Å²) >= 11 is 1.58. The number of benzene rings is 1. The smallest absolute Gasteiger partial charge is 0.242 e. The van der Waals surface area contributed by atoms with Crippen molar-refractivity contribution in [3.8, 4) is 11.3 Å². The SMILES string of the molecule is CNCc1nc(-c2ccc(S(=O)(=O)N(C)C)cc2)cs1. The number of nitrogens with zero attached hydrogens (tertiary/aromatic N) is 2. The fraction of sp³-hybridized carbons (Fsp3) is 0.308. The Kier molecular flexibility index (Phi) is 4.54. The molecule has 0 aliphatic carbocycles. The highest BCUT2D eigenvalue weighted by molar-refractivity contribution is 7.89. The van der Waals surface area contributed by atoms with E-state index in [9.17, 15) is 8.42 Å². The summed E-state index contributed by atoms with van der Waals surface area (Å²) in [5.41, 5.74) is 1.79. The quantitative estimate of drug-likeness (QED) is 0.914. The molecule has 0 unspecified atom stereocenters. The third-order valence-electron chi connectivity index (χ3n) is 2.81. The second kappa shape index (κ2) is 6.01. The third kappa shape index (κ3) is 3.06. The van der Waals surface area contributed by atoms with Gasteiger partial charge in [-0.2, -0.15) is 0 Å². The van der Waals surface area contributed by atoms with Gasteiger partial charge < -0.3 is 5.32 Å². The van der Waals surface area contributed by atoms with Crippen LogP contribution in [0, 0.1) is 0 Å². The highest BCUT2D eigenvalue weighted by Gasteiger charge is 2.16. The van der Waals surface area contributed by atoms with Gasteiger partial charge in [-0.15, -0.1) is 11.3 Å². The molecule has 0 fully saturated rings. The molecule has 1 N–H and O–H groups in total. The number of aromatic nitrogens is 1. The fourth-order valence-corrected chi connectivity index (χ4v) is 3.40. The fourth-order valence-electron chi connectivity index (χ4n) is 1.68. The van der Waals surface area contributed by atoms with Crippen molar-refractivity contribution in [3.63, 3.8) is 0 Å². The van der Waals surface area contributed by atoms with Crippen molar-refractivity contribution in [2.45, 2.75) is 11.4 Å². The first kappa shape index (κ1) is 15.1. The summed E-state index contributed by atoms with van der Waals surface area (Å²) in [6, 6.07) is 6.80. The minimum Gasteiger partial charge on any atom is -0.314 e. The average molecular weight is 311 g/mol. The van der Waals surface area contributed by atoms with Crippen LogP contribution < -0.4 is 5.32 Å². The van der Waals surface area contributed by atoms with Crippen molar-refractivity contribution in [1.29, 1.82) is 0 Å². The number of thiazole rings is 1. The van der Waals surface area contributed by atoms with Crippen molar-refractivity contribution in [3.05, 3.63) is 34.7 Å². The highest BCUT2D eigenvalue weighted by atomic mass is 32.2. The molecule has 1 aromatic heterocycles. The first-order chi connectivity index (χ1) is 9.45. The van der Waals surface area contributed by atoms with Crippen LogP contribution in [0.15, 0.2) is 34.5 Å². The molecule has 7 heteroatoms. The molecule has 0 bridgehead atoms. The molecule has 2 aromatic rings. The summed E-state index contributed by atoms with van der Waals surface area (Å²) in [7, 11) is 1.55. The van der Waals surface area contributed by atoms with Crippen molar-refractivity contribution in [1.82, 2.24) is 14.6 Å². The number of rotatable bonds is 5. The lowest BCUT2D eigenvalue weighted by Crippen LogP contribution is -2.22. The molecule has 108 valence electrons. The molecule has 2 rings (SSSR count). The maximum absolute atomic E-state index is 12.0. The van der Waals surface area contributed by atoms with Crippen molar-refractivity contribution in [2.75, 3.05) is 21.1 Å². The molecule has 0 atom stereocenters. The van der Waals surface area contributed by atoms with E-state index in [0.29, 0.717) is 0 Å². The standard InChI is InChI=1S/C13H17N3O2S2/c1-14-8-13-15-12(9-19-13)10-4-6-11(7-5-10)20(17,18)16(2)3/h4-7,9,14H,8H2,1-3H3. The van der Waals surface area contributed by atoms with Gasteiger partial charge in [-0.3, -0.25) is 0 Å². The molecule has 20 heavy (non-hydrogen) atoms. The Balaban J connectivity index is 2.28. The van der Waals surface area contributed by atoms with Crippen molar-refractivity contribution >= 4 is 21.4 Å². The van der Waals surface area contributed by atoms with Crippen LogP contribution in [0.4, 0.5) is 0 Å². The zero-order chi connectivity index (χ0) is 14.8. The van der Waals surface area contributed by atoms with Crippen LogP contribution in [-0.4, -0.2) is 38.9 Å². The topological polar surface area (TPSA) is 62.3 Å². The molecular weight excluding hydrogens is 294 g/mol. The highest BCUT2D eigenvalue weighted by Crippen LogP contribution is 2.24. The second-order valence-corrected chi connectivity index (χ2v) is 7.56. The summed E-state index contributed by atoms with van der Waals surface area (Å²) in [5.74, 6) is 0. The van der Waals surface area contributed by atoms with Gasteiger partial charge in [0.25, 0.3) is 0 Å². The van der Waals surface area contributed by atoms with Crippen LogP contribution in [0.1, 0.15) is 5.01 Å². The van der Waals surface area contributed by atoms with E-state index in [1.54, 1.807) is 35.6 Å². The number of sulfonamides is 1. The Morgan fingerprint density at radius 1 is 1.25 bits per heavy atom. The van der Waals surface area contributed by atoms with E-state index in [1.807, 2.05) is 12.4 Å². The molecule has 1 aromatic carbocycles. The molecule has 0 saturated heterocycles. The predicted octanol–water partition coefficient (Wildman–Crippen LogP) is 1.78. The van der Waals surface area contributed by atoms with E-state index in [-0.39, 0.29) is 4.90 Å². The Hall–Kier alpha value is -1.28. The lowest BCUT2D eigenvalue weighted by molar-refractivity contribution is 0.521. The molecular formula is C13H17N3O2S2. The molecule has 0 radical (unpaired) electrons. The van der Waals surface area contributed by atoms with Crippen LogP contribution in [0.25, 0.3) is 11.3 Å². The van der Waals surface area contributed by atoms with E-state index in [4.69, 9.17) is 0 Å². The summed E-state index contributed by atoms with van der Waals surface area (Å²) < 4.78 is 25.2. The monoisotopic (exact) mass is 311 g/mol. The number of nitrogens with one attached hydrogen (secondary N) is 1. The third-order valence-corrected chi connectivity index (χ3v) is 5.49. The maximum atomic E-state index is 12.0. The van der Waals surface area contributed by atoms with Crippen LogP contribution in [0.5, 0.6) is 0 Å². The number of hydrogen-bond acceptors (Lipinski definition) is 5. The van der Waals surface area contributed by atoms with Crippen molar-refractivity contribution < 1.29 is 8.42 Å². The van der Waals surface area contributed by atoms with E-state index in [1.165, 1.54) is 18.4 Å². The van der Waals surface area contributed by atoms with E-state index in [2.05, 4.69) is 10.3 Å². The summed E-state index contributed by atoms with van der Waals surface area (Å²) in [4.78, 5) is 4.78. The van der Waals surface area contributed by atoms with Crippen molar-refractivity contribution in [2.24, 2.45) is 0 Å². The largest absolute Gasteiger partial charge is 0.314 e. The molecule has 0 aliphatic heterocycles. The molecule has 0 amide bonds. The molecule has 0 aliphatic rings. The van der Waals surface area contributed by atoms with E-state index < -0.39 is 10.0 Å². The lowest BCUT2D eigenvalue weighted by Gasteiger charge is -2.11. The molecule has 0 saturated carbocycles. The Labute approximate surface area is 123 Å². The molecule has 5 nitrogen and oxygen atoms in total. The van der Waals surface area contributed by atoms with Crippen LogP contribution >= 0.6 is 11.3 Å². The Bertz CT molecular complexity index is 676. The normalized spacial score (nSPS) is 12.0. The first-order valence-electron chi connectivity index (χ1n) is 6.07. The van der Waals surface area contributed by atoms with Gasteiger partial charge in [0.05, 0.1) is 10.6 Å². The zero-order valence-corrected chi connectivity index (χ0v) is 13.3. The van der Waals surface area contributed by atoms with Crippen LogP contribution in [0.3, 0.4) is 0 Å². The minimum absolute atomic E-state index is 0.289.